The quantitative estimate of drug-likeness (QED) is 0.166. The number of para-hydroxylation sites is 1. The minimum Gasteiger partial charge on any atom is -0.455 e. The normalized spacial score (nSPS) is 12.9. The zero-order valence-electron chi connectivity index (χ0n) is 35.5. The van der Waals surface area contributed by atoms with E-state index in [1.807, 2.05) is 0 Å². The highest BCUT2D eigenvalue weighted by Gasteiger charge is 2.52. The molecule has 1 heterocycles. The first kappa shape index (κ1) is 37.1. The van der Waals surface area contributed by atoms with Crippen molar-refractivity contribution in [3.05, 3.63) is 271 Å². The predicted octanol–water partition coefficient (Wildman–Crippen LogP) is 16.9. The number of fused-ring (bicyclic) bond motifs is 13. The Morgan fingerprint density at radius 2 is 0.785 bits per heavy atom. The van der Waals surface area contributed by atoms with Crippen LogP contribution in [-0.2, 0) is 5.41 Å². The van der Waals surface area contributed by atoms with Crippen LogP contribution in [0.2, 0.25) is 0 Å². The summed E-state index contributed by atoms with van der Waals surface area (Å²) in [5.74, 6) is 1.85. The van der Waals surface area contributed by atoms with Crippen molar-refractivity contribution in [2.45, 2.75) is 5.41 Å². The third-order valence-electron chi connectivity index (χ3n) is 13.7. The van der Waals surface area contributed by atoms with Gasteiger partial charge in [-0.05, 0) is 109 Å². The van der Waals surface area contributed by atoms with Gasteiger partial charge in [-0.25, -0.2) is 0 Å². The maximum Gasteiger partial charge on any atom is 0.140 e. The maximum absolute atomic E-state index is 7.21. The predicted molar refractivity (Wildman–Crippen MR) is 270 cm³/mol. The van der Waals surface area contributed by atoms with Crippen LogP contribution >= 0.6 is 0 Å². The first-order valence-electron chi connectivity index (χ1n) is 22.4. The van der Waals surface area contributed by atoms with Crippen LogP contribution in [0, 0.1) is 0 Å². The Balaban J connectivity index is 0.981. The van der Waals surface area contributed by atoms with E-state index in [9.17, 15) is 0 Å². The lowest BCUT2D eigenvalue weighted by Gasteiger charge is -2.40. The van der Waals surface area contributed by atoms with E-state index >= 15 is 0 Å². The number of anilines is 3. The molecule has 0 fully saturated rings. The van der Waals surface area contributed by atoms with Crippen LogP contribution in [0.5, 0.6) is 11.5 Å². The molecule has 11 aromatic carbocycles. The largest absolute Gasteiger partial charge is 0.455 e. The van der Waals surface area contributed by atoms with E-state index in [0.29, 0.717) is 0 Å². The van der Waals surface area contributed by atoms with Crippen molar-refractivity contribution >= 4 is 38.6 Å². The highest BCUT2D eigenvalue weighted by atomic mass is 16.5. The lowest BCUT2D eigenvalue weighted by Crippen LogP contribution is -2.32. The first-order valence-corrected chi connectivity index (χ1v) is 22.4. The molecule has 1 aliphatic carbocycles. The molecule has 11 aromatic rings. The molecule has 2 heteroatoms. The monoisotopic (exact) mass is 827 g/mol. The molecule has 0 atom stereocenters. The molecule has 0 saturated heterocycles. The van der Waals surface area contributed by atoms with Crippen molar-refractivity contribution in [3.8, 4) is 56.0 Å². The van der Waals surface area contributed by atoms with Crippen LogP contribution in [0.1, 0.15) is 22.3 Å². The first-order chi connectivity index (χ1) is 32.2. The fourth-order valence-corrected chi connectivity index (χ4v) is 10.8. The minimum atomic E-state index is -0.616. The van der Waals surface area contributed by atoms with Crippen LogP contribution in [0.25, 0.3) is 66.1 Å². The lowest BCUT2D eigenvalue weighted by atomic mass is 9.65. The molecule has 0 N–H and O–H groups in total. The number of rotatable bonds is 6. The summed E-state index contributed by atoms with van der Waals surface area (Å²) in [6.45, 7) is 0. The van der Waals surface area contributed by atoms with E-state index in [4.69, 9.17) is 4.74 Å². The zero-order valence-corrected chi connectivity index (χ0v) is 35.5. The molecule has 0 amide bonds. The highest BCUT2D eigenvalue weighted by Crippen LogP contribution is 2.65. The molecule has 0 aromatic heterocycles. The lowest BCUT2D eigenvalue weighted by molar-refractivity contribution is 0.447. The third kappa shape index (κ3) is 5.74. The van der Waals surface area contributed by atoms with Gasteiger partial charge < -0.3 is 9.64 Å². The molecule has 65 heavy (non-hydrogen) atoms. The van der Waals surface area contributed by atoms with E-state index in [1.54, 1.807) is 0 Å². The van der Waals surface area contributed by atoms with Gasteiger partial charge in [0.25, 0.3) is 0 Å². The molecule has 2 nitrogen and oxygen atoms in total. The fraction of sp³-hybridized carbons (Fsp3) is 0.0159. The molecular formula is C63H41NO. The minimum absolute atomic E-state index is 0.616. The van der Waals surface area contributed by atoms with E-state index in [1.165, 1.54) is 61.2 Å². The summed E-state index contributed by atoms with van der Waals surface area (Å²) < 4.78 is 7.21. The fourth-order valence-electron chi connectivity index (χ4n) is 10.8. The number of benzene rings is 11. The van der Waals surface area contributed by atoms with Crippen LogP contribution in [0.15, 0.2) is 249 Å². The molecule has 0 saturated carbocycles. The van der Waals surface area contributed by atoms with Crippen LogP contribution in [-0.4, -0.2) is 0 Å². The van der Waals surface area contributed by atoms with Crippen molar-refractivity contribution in [3.63, 3.8) is 0 Å². The topological polar surface area (TPSA) is 12.5 Å². The summed E-state index contributed by atoms with van der Waals surface area (Å²) >= 11 is 0. The molecule has 0 unspecified atom stereocenters. The Hall–Kier alpha value is -8.46. The summed E-state index contributed by atoms with van der Waals surface area (Å²) in [7, 11) is 0. The van der Waals surface area contributed by atoms with E-state index < -0.39 is 5.41 Å². The zero-order chi connectivity index (χ0) is 42.9. The molecule has 0 bridgehead atoms. The Labute approximate surface area is 378 Å². The Morgan fingerprint density at radius 1 is 0.292 bits per heavy atom. The van der Waals surface area contributed by atoms with Crippen LogP contribution in [0.4, 0.5) is 17.1 Å². The van der Waals surface area contributed by atoms with Gasteiger partial charge in [-0.3, -0.25) is 0 Å². The summed E-state index contributed by atoms with van der Waals surface area (Å²) in [6, 6.07) is 90.6. The van der Waals surface area contributed by atoms with Crippen LogP contribution < -0.4 is 9.64 Å². The van der Waals surface area contributed by atoms with Gasteiger partial charge in [0.05, 0.1) is 5.41 Å². The number of hydrogen-bond donors (Lipinski definition) is 0. The Bertz CT molecular complexity index is 3540. The summed E-state index contributed by atoms with van der Waals surface area (Å²) in [5.41, 5.74) is 17.2. The SMILES string of the molecule is c1ccc(-c2cccc(-c3ccc(N(c4ccccc4)c4cccc(-c5cccc6c5-c5ccccc5C65c6ccc7ccccc7c6Oc6c5ccc5ccccc65)c4)cc3)c2)cc1. The van der Waals surface area contributed by atoms with Crippen molar-refractivity contribution in [1.82, 2.24) is 0 Å². The van der Waals surface area contributed by atoms with Crippen molar-refractivity contribution in [1.29, 1.82) is 0 Å². The molecule has 1 aliphatic heterocycles. The van der Waals surface area contributed by atoms with Gasteiger partial charge in [0.2, 0.25) is 0 Å². The van der Waals surface area contributed by atoms with Crippen molar-refractivity contribution in [2.75, 3.05) is 4.90 Å². The van der Waals surface area contributed by atoms with Gasteiger partial charge in [0.15, 0.2) is 0 Å². The second-order valence-corrected chi connectivity index (χ2v) is 17.2. The second-order valence-electron chi connectivity index (χ2n) is 17.2. The molecule has 0 radical (unpaired) electrons. The summed E-state index contributed by atoms with van der Waals surface area (Å²) in [6.07, 6.45) is 0. The summed E-state index contributed by atoms with van der Waals surface area (Å²) in [4.78, 5) is 2.37. The van der Waals surface area contributed by atoms with Crippen molar-refractivity contribution < 1.29 is 4.74 Å². The van der Waals surface area contributed by atoms with E-state index in [-0.39, 0.29) is 0 Å². The van der Waals surface area contributed by atoms with Gasteiger partial charge in [-0.15, -0.1) is 0 Å². The van der Waals surface area contributed by atoms with Gasteiger partial charge in [-0.1, -0.05) is 206 Å². The van der Waals surface area contributed by atoms with Gasteiger partial charge in [0.1, 0.15) is 11.5 Å². The molecule has 1 spiro atoms. The van der Waals surface area contributed by atoms with Gasteiger partial charge in [0, 0.05) is 39.0 Å². The van der Waals surface area contributed by atoms with E-state index in [0.717, 1.165) is 55.7 Å². The highest BCUT2D eigenvalue weighted by molar-refractivity contribution is 6.02. The average molecular weight is 828 g/mol. The smallest absolute Gasteiger partial charge is 0.140 e. The third-order valence-corrected chi connectivity index (χ3v) is 13.7. The van der Waals surface area contributed by atoms with Crippen molar-refractivity contribution in [2.24, 2.45) is 0 Å². The molecule has 13 rings (SSSR count). The standard InChI is InChI=1S/C63H41NO/c1-3-16-42(17-4-1)46-20-13-21-47(40-46)43-32-36-50(37-33-43)64(49-23-5-2-6-24-49)51-25-14-22-48(41-51)52-29-15-31-57-60(52)55-28-11-12-30-56(55)63(57)58-38-34-44-18-7-9-26-53(44)61(58)65-62-54-27-10-8-19-45(54)35-39-59(62)63/h1-41H. The number of hydrogen-bond acceptors (Lipinski definition) is 2. The summed E-state index contributed by atoms with van der Waals surface area (Å²) in [5, 5.41) is 4.56. The molecular weight excluding hydrogens is 787 g/mol. The maximum atomic E-state index is 7.21. The average Bonchev–Trinajstić information content (AvgIpc) is 3.68. The molecule has 304 valence electrons. The number of nitrogens with zero attached hydrogens (tertiary/aromatic N) is 1. The second kappa shape index (κ2) is 14.8. The number of ether oxygens (including phenoxy) is 1. The van der Waals surface area contributed by atoms with Gasteiger partial charge in [-0.2, -0.15) is 0 Å². The van der Waals surface area contributed by atoms with E-state index in [2.05, 4.69) is 254 Å². The molecule has 2 aliphatic rings. The van der Waals surface area contributed by atoms with Gasteiger partial charge >= 0.3 is 0 Å². The Kier molecular flexibility index (Phi) is 8.47. The van der Waals surface area contributed by atoms with Crippen LogP contribution in [0.3, 0.4) is 0 Å². The Morgan fingerprint density at radius 3 is 1.49 bits per heavy atom.